The highest BCUT2D eigenvalue weighted by molar-refractivity contribution is 5.69. The van der Waals surface area contributed by atoms with Crippen molar-refractivity contribution in [3.8, 4) is 0 Å². The van der Waals surface area contributed by atoms with Gasteiger partial charge < -0.3 is 9.47 Å². The number of hydrogen-bond donors (Lipinski definition) is 0. The van der Waals surface area contributed by atoms with Gasteiger partial charge >= 0.3 is 11.9 Å². The third kappa shape index (κ3) is 13.2. The summed E-state index contributed by atoms with van der Waals surface area (Å²) >= 11 is 0. The molecule has 0 spiro atoms. The van der Waals surface area contributed by atoms with E-state index < -0.39 is 0 Å². The highest BCUT2D eigenvalue weighted by Gasteiger charge is 2.04. The van der Waals surface area contributed by atoms with Crippen LogP contribution in [0.1, 0.15) is 71.6 Å². The van der Waals surface area contributed by atoms with Crippen molar-refractivity contribution >= 4 is 11.9 Å². The summed E-state index contributed by atoms with van der Waals surface area (Å²) in [6.07, 6.45) is 7.43. The van der Waals surface area contributed by atoms with Crippen LogP contribution in [0.5, 0.6) is 0 Å². The zero-order valence-corrected chi connectivity index (χ0v) is 12.4. The van der Waals surface area contributed by atoms with E-state index in [0.29, 0.717) is 26.1 Å². The molecule has 0 aromatic carbocycles. The summed E-state index contributed by atoms with van der Waals surface area (Å²) in [4.78, 5) is 22.5. The van der Waals surface area contributed by atoms with Crippen LogP contribution in [-0.2, 0) is 19.1 Å². The van der Waals surface area contributed by atoms with E-state index in [4.69, 9.17) is 9.47 Å². The molecule has 0 saturated heterocycles. The number of unbranched alkanes of at least 4 members (excludes halogenated alkanes) is 4. The molecule has 0 heterocycles. The van der Waals surface area contributed by atoms with Crippen LogP contribution in [0.15, 0.2) is 0 Å². The highest BCUT2D eigenvalue weighted by Crippen LogP contribution is 2.07. The molecule has 112 valence electrons. The normalized spacial score (nSPS) is 10.2. The molecule has 19 heavy (non-hydrogen) atoms. The Kier molecular flexibility index (Phi) is 12.6. The van der Waals surface area contributed by atoms with E-state index in [1.54, 1.807) is 0 Å². The molecular formula is C15H28O4. The molecule has 0 aliphatic rings. The summed E-state index contributed by atoms with van der Waals surface area (Å²) in [5, 5.41) is 0. The maximum Gasteiger partial charge on any atom is 0.305 e. The number of esters is 2. The van der Waals surface area contributed by atoms with E-state index in [1.165, 1.54) is 0 Å². The molecule has 0 aromatic rings. The fourth-order valence-electron chi connectivity index (χ4n) is 1.58. The third-order valence-corrected chi connectivity index (χ3v) is 2.74. The molecule has 0 aromatic heterocycles. The molecule has 4 heteroatoms. The van der Waals surface area contributed by atoms with Crippen LogP contribution >= 0.6 is 0 Å². The van der Waals surface area contributed by atoms with Gasteiger partial charge in [0.1, 0.15) is 0 Å². The number of ether oxygens (including phenoxy) is 2. The van der Waals surface area contributed by atoms with Crippen LogP contribution in [0.4, 0.5) is 0 Å². The van der Waals surface area contributed by atoms with E-state index in [-0.39, 0.29) is 11.9 Å². The van der Waals surface area contributed by atoms with Gasteiger partial charge in [0, 0.05) is 12.8 Å². The molecule has 0 amide bonds. The lowest BCUT2D eigenvalue weighted by atomic mass is 10.1. The standard InChI is InChI=1S/C15H28O4/c1-3-5-13-19-15(17)11-9-7-6-8-10-14(16)18-12-4-2/h3-13H2,1-2H3. The Labute approximate surface area is 116 Å². The van der Waals surface area contributed by atoms with E-state index in [1.807, 2.05) is 6.92 Å². The first-order valence-corrected chi connectivity index (χ1v) is 7.52. The first-order valence-electron chi connectivity index (χ1n) is 7.52. The topological polar surface area (TPSA) is 52.6 Å². The number of carbonyl (C=O) groups is 2. The summed E-state index contributed by atoms with van der Waals surface area (Å²) in [6, 6.07) is 0. The van der Waals surface area contributed by atoms with Crippen LogP contribution in [0.2, 0.25) is 0 Å². The molecule has 0 aliphatic heterocycles. The van der Waals surface area contributed by atoms with E-state index in [0.717, 1.165) is 44.9 Å². The molecule has 4 nitrogen and oxygen atoms in total. The predicted molar refractivity (Wildman–Crippen MR) is 74.8 cm³/mol. The van der Waals surface area contributed by atoms with Crippen LogP contribution in [0.25, 0.3) is 0 Å². The first-order chi connectivity index (χ1) is 9.20. The fraction of sp³-hybridized carbons (Fsp3) is 0.867. The quantitative estimate of drug-likeness (QED) is 0.402. The summed E-state index contributed by atoms with van der Waals surface area (Å²) in [5.41, 5.74) is 0. The van der Waals surface area contributed by atoms with Crippen molar-refractivity contribution in [2.45, 2.75) is 71.6 Å². The smallest absolute Gasteiger partial charge is 0.305 e. The second-order valence-electron chi connectivity index (χ2n) is 4.71. The molecule has 0 rings (SSSR count). The van der Waals surface area contributed by atoms with Crippen molar-refractivity contribution in [2.75, 3.05) is 13.2 Å². The van der Waals surface area contributed by atoms with Gasteiger partial charge in [0.15, 0.2) is 0 Å². The summed E-state index contributed by atoms with van der Waals surface area (Å²) in [7, 11) is 0. The van der Waals surface area contributed by atoms with Crippen molar-refractivity contribution in [3.63, 3.8) is 0 Å². The minimum atomic E-state index is -0.110. The predicted octanol–water partition coefficient (Wildman–Crippen LogP) is 3.62. The highest BCUT2D eigenvalue weighted by atomic mass is 16.5. The second kappa shape index (κ2) is 13.4. The zero-order chi connectivity index (χ0) is 14.3. The van der Waals surface area contributed by atoms with Gasteiger partial charge in [-0.2, -0.15) is 0 Å². The molecule has 0 N–H and O–H groups in total. The van der Waals surface area contributed by atoms with Crippen LogP contribution in [0, 0.1) is 0 Å². The second-order valence-corrected chi connectivity index (χ2v) is 4.71. The lowest BCUT2D eigenvalue weighted by molar-refractivity contribution is -0.145. The number of carbonyl (C=O) groups excluding carboxylic acids is 2. The minimum Gasteiger partial charge on any atom is -0.466 e. The monoisotopic (exact) mass is 272 g/mol. The average Bonchev–Trinajstić information content (AvgIpc) is 2.40. The van der Waals surface area contributed by atoms with Crippen LogP contribution < -0.4 is 0 Å². The Balaban J connectivity index is 3.26. The molecule has 0 atom stereocenters. The largest absolute Gasteiger partial charge is 0.466 e. The summed E-state index contributed by atoms with van der Waals surface area (Å²) < 4.78 is 10.0. The van der Waals surface area contributed by atoms with Crippen molar-refractivity contribution in [3.05, 3.63) is 0 Å². The van der Waals surface area contributed by atoms with Gasteiger partial charge in [0.2, 0.25) is 0 Å². The van der Waals surface area contributed by atoms with Crippen molar-refractivity contribution in [2.24, 2.45) is 0 Å². The molecule has 0 saturated carbocycles. The van der Waals surface area contributed by atoms with Crippen LogP contribution in [0.3, 0.4) is 0 Å². The molecular weight excluding hydrogens is 244 g/mol. The maximum absolute atomic E-state index is 11.3. The Hall–Kier alpha value is -1.06. The van der Waals surface area contributed by atoms with E-state index in [2.05, 4.69) is 6.92 Å². The Morgan fingerprint density at radius 2 is 1.21 bits per heavy atom. The van der Waals surface area contributed by atoms with Gasteiger partial charge in [0.25, 0.3) is 0 Å². The van der Waals surface area contributed by atoms with Gasteiger partial charge in [-0.25, -0.2) is 0 Å². The fourth-order valence-corrected chi connectivity index (χ4v) is 1.58. The molecule has 0 unspecified atom stereocenters. The number of hydrogen-bond acceptors (Lipinski definition) is 4. The minimum absolute atomic E-state index is 0.101. The van der Waals surface area contributed by atoms with Crippen molar-refractivity contribution in [1.82, 2.24) is 0 Å². The van der Waals surface area contributed by atoms with E-state index in [9.17, 15) is 9.59 Å². The van der Waals surface area contributed by atoms with Gasteiger partial charge in [-0.05, 0) is 25.7 Å². The summed E-state index contributed by atoms with van der Waals surface area (Å²) in [6.45, 7) is 5.10. The summed E-state index contributed by atoms with van der Waals surface area (Å²) in [5.74, 6) is -0.211. The van der Waals surface area contributed by atoms with Gasteiger partial charge in [-0.15, -0.1) is 0 Å². The number of rotatable bonds is 12. The maximum atomic E-state index is 11.3. The SMILES string of the molecule is CCCCOC(=O)CCCCCCC(=O)OCCC. The lowest BCUT2D eigenvalue weighted by Crippen LogP contribution is -2.06. The Bertz CT molecular complexity index is 238. The van der Waals surface area contributed by atoms with Gasteiger partial charge in [-0.3, -0.25) is 9.59 Å². The lowest BCUT2D eigenvalue weighted by Gasteiger charge is -2.04. The average molecular weight is 272 g/mol. The van der Waals surface area contributed by atoms with Gasteiger partial charge in [-0.1, -0.05) is 33.1 Å². The Morgan fingerprint density at radius 3 is 1.68 bits per heavy atom. The van der Waals surface area contributed by atoms with Crippen molar-refractivity contribution in [1.29, 1.82) is 0 Å². The van der Waals surface area contributed by atoms with Crippen molar-refractivity contribution < 1.29 is 19.1 Å². The first kappa shape index (κ1) is 17.9. The molecule has 0 aliphatic carbocycles. The molecule has 0 radical (unpaired) electrons. The molecule has 0 fully saturated rings. The molecule has 0 bridgehead atoms. The van der Waals surface area contributed by atoms with Crippen LogP contribution in [-0.4, -0.2) is 25.2 Å². The van der Waals surface area contributed by atoms with E-state index >= 15 is 0 Å². The Morgan fingerprint density at radius 1 is 0.684 bits per heavy atom. The zero-order valence-electron chi connectivity index (χ0n) is 12.4. The third-order valence-electron chi connectivity index (χ3n) is 2.74. The van der Waals surface area contributed by atoms with Gasteiger partial charge in [0.05, 0.1) is 13.2 Å².